The van der Waals surface area contributed by atoms with E-state index >= 15 is 0 Å². The second kappa shape index (κ2) is 8.09. The number of aromatic nitrogens is 1. The van der Waals surface area contributed by atoms with Crippen LogP contribution in [-0.4, -0.2) is 42.5 Å². The van der Waals surface area contributed by atoms with E-state index in [-0.39, 0.29) is 17.5 Å². The number of nitrogens with two attached hydrogens (primary N) is 1. The van der Waals surface area contributed by atoms with Crippen molar-refractivity contribution in [1.29, 1.82) is 0 Å². The fraction of sp³-hybridized carbons (Fsp3) is 0.348. The van der Waals surface area contributed by atoms with E-state index in [0.717, 1.165) is 27.6 Å². The van der Waals surface area contributed by atoms with Crippen LogP contribution in [0.2, 0.25) is 0 Å². The molecule has 1 amide bonds. The number of hydrogen-bond donors (Lipinski definition) is 2. The van der Waals surface area contributed by atoms with Crippen LogP contribution in [0.1, 0.15) is 47.2 Å². The number of primary amides is 1. The number of hydrogen-bond acceptors (Lipinski definition) is 3. The minimum absolute atomic E-state index is 0.104. The first-order valence-electron chi connectivity index (χ1n) is 10.4. The first-order valence-corrected chi connectivity index (χ1v) is 12.0. The number of aryl methyl sites for hydroxylation is 1. The van der Waals surface area contributed by atoms with Crippen molar-refractivity contribution in [2.75, 3.05) is 18.8 Å². The number of nitrogens with zero attached hydrogens (tertiary/aromatic N) is 1. The van der Waals surface area contributed by atoms with Crippen LogP contribution in [0.25, 0.3) is 22.0 Å². The topological polar surface area (TPSA) is 96.3 Å². The molecule has 0 aliphatic carbocycles. The van der Waals surface area contributed by atoms with Crippen molar-refractivity contribution < 1.29 is 17.6 Å². The second-order valence-corrected chi connectivity index (χ2v) is 10.3. The van der Waals surface area contributed by atoms with Crippen LogP contribution in [0.4, 0.5) is 4.39 Å². The highest BCUT2D eigenvalue weighted by Crippen LogP contribution is 2.37. The summed E-state index contributed by atoms with van der Waals surface area (Å²) in [6.07, 6.45) is 3.31. The summed E-state index contributed by atoms with van der Waals surface area (Å²) in [7, 11) is -3.19. The molecular formula is C23H26FN3O3S. The third-order valence-electron chi connectivity index (χ3n) is 6.24. The van der Waals surface area contributed by atoms with Crippen LogP contribution in [0.5, 0.6) is 0 Å². The van der Waals surface area contributed by atoms with Gasteiger partial charge >= 0.3 is 0 Å². The number of halogens is 1. The molecule has 0 saturated carbocycles. The zero-order valence-electron chi connectivity index (χ0n) is 17.6. The van der Waals surface area contributed by atoms with Crippen molar-refractivity contribution in [2.45, 2.75) is 32.6 Å². The van der Waals surface area contributed by atoms with E-state index in [1.54, 1.807) is 23.4 Å². The van der Waals surface area contributed by atoms with E-state index in [1.807, 2.05) is 19.2 Å². The minimum atomic E-state index is -3.19. The molecule has 0 atom stereocenters. The average Bonchev–Trinajstić information content (AvgIpc) is 3.17. The van der Waals surface area contributed by atoms with Gasteiger partial charge < -0.3 is 10.7 Å². The largest absolute Gasteiger partial charge is 0.366 e. The lowest BCUT2D eigenvalue weighted by molar-refractivity contribution is 0.100. The molecule has 3 N–H and O–H groups in total. The molecule has 164 valence electrons. The number of rotatable bonds is 5. The Hall–Kier alpha value is -2.71. The standard InChI is InChI=1S/C23H26FN3O3S/c1-3-31(29,30)27-8-6-15(7-9-27)21-13-26-22-19(21)11-16(12-20(22)23(25)28)18-5-4-17(24)10-14(18)2/h4-5,10-13,15,26H,3,6-9H2,1-2H3,(H2,25,28). The summed E-state index contributed by atoms with van der Waals surface area (Å²) in [5, 5.41) is 0.895. The highest BCUT2D eigenvalue weighted by molar-refractivity contribution is 7.89. The molecule has 6 nitrogen and oxygen atoms in total. The Morgan fingerprint density at radius 1 is 1.23 bits per heavy atom. The van der Waals surface area contributed by atoms with Gasteiger partial charge in [0, 0.05) is 24.7 Å². The Labute approximate surface area is 181 Å². The third-order valence-corrected chi connectivity index (χ3v) is 8.12. The predicted molar refractivity (Wildman–Crippen MR) is 120 cm³/mol. The van der Waals surface area contributed by atoms with Crippen LogP contribution < -0.4 is 5.73 Å². The van der Waals surface area contributed by atoms with Crippen molar-refractivity contribution in [3.8, 4) is 11.1 Å². The van der Waals surface area contributed by atoms with Crippen LogP contribution in [0.3, 0.4) is 0 Å². The third kappa shape index (κ3) is 3.97. The fourth-order valence-corrected chi connectivity index (χ4v) is 5.65. The lowest BCUT2D eigenvalue weighted by atomic mass is 9.88. The second-order valence-electron chi connectivity index (χ2n) is 8.09. The fourth-order valence-electron chi connectivity index (χ4n) is 4.52. The molecule has 0 bridgehead atoms. The maximum atomic E-state index is 13.6. The number of carbonyl (C=O) groups is 1. The van der Waals surface area contributed by atoms with Gasteiger partial charge in [0.25, 0.3) is 5.91 Å². The van der Waals surface area contributed by atoms with E-state index in [1.165, 1.54) is 12.1 Å². The number of sulfonamides is 1. The lowest BCUT2D eigenvalue weighted by Gasteiger charge is -2.31. The number of nitrogens with one attached hydrogen (secondary N) is 1. The zero-order chi connectivity index (χ0) is 22.3. The molecule has 1 saturated heterocycles. The summed E-state index contributed by atoms with van der Waals surface area (Å²) in [4.78, 5) is 15.4. The molecule has 4 rings (SSSR count). The van der Waals surface area contributed by atoms with Gasteiger partial charge in [-0.25, -0.2) is 17.1 Å². The van der Waals surface area contributed by atoms with Crippen LogP contribution in [0, 0.1) is 12.7 Å². The Balaban J connectivity index is 1.76. The van der Waals surface area contributed by atoms with Gasteiger partial charge in [-0.05, 0) is 79.1 Å². The van der Waals surface area contributed by atoms with Gasteiger partial charge in [0.05, 0.1) is 16.8 Å². The monoisotopic (exact) mass is 443 g/mol. The van der Waals surface area contributed by atoms with E-state index in [9.17, 15) is 17.6 Å². The maximum absolute atomic E-state index is 13.6. The average molecular weight is 444 g/mol. The SMILES string of the molecule is CCS(=O)(=O)N1CCC(c2c[nH]c3c(C(N)=O)cc(-c4ccc(F)cc4C)cc23)CC1. The maximum Gasteiger partial charge on any atom is 0.250 e. The summed E-state index contributed by atoms with van der Waals surface area (Å²) in [6.45, 7) is 4.44. The lowest BCUT2D eigenvalue weighted by Crippen LogP contribution is -2.38. The Kier molecular flexibility index (Phi) is 5.61. The quantitative estimate of drug-likeness (QED) is 0.626. The van der Waals surface area contributed by atoms with Crippen LogP contribution in [-0.2, 0) is 10.0 Å². The van der Waals surface area contributed by atoms with Crippen molar-refractivity contribution in [1.82, 2.24) is 9.29 Å². The first-order chi connectivity index (χ1) is 14.7. The molecule has 1 aliphatic rings. The van der Waals surface area contributed by atoms with Crippen LogP contribution in [0.15, 0.2) is 36.5 Å². The number of H-pyrrole nitrogens is 1. The molecule has 1 fully saturated rings. The van der Waals surface area contributed by atoms with Gasteiger partial charge in [-0.15, -0.1) is 0 Å². The summed E-state index contributed by atoms with van der Waals surface area (Å²) >= 11 is 0. The Bertz CT molecular complexity index is 1260. The van der Waals surface area contributed by atoms with E-state index in [2.05, 4.69) is 4.98 Å². The number of piperidine rings is 1. The van der Waals surface area contributed by atoms with Crippen molar-refractivity contribution in [3.63, 3.8) is 0 Å². The number of amides is 1. The van der Waals surface area contributed by atoms with Crippen molar-refractivity contribution in [2.24, 2.45) is 5.73 Å². The van der Waals surface area contributed by atoms with Crippen molar-refractivity contribution in [3.05, 3.63) is 59.0 Å². The minimum Gasteiger partial charge on any atom is -0.366 e. The molecule has 1 aromatic heterocycles. The van der Waals surface area contributed by atoms with Gasteiger partial charge in [0.15, 0.2) is 0 Å². The molecule has 0 radical (unpaired) electrons. The molecule has 1 aliphatic heterocycles. The van der Waals surface area contributed by atoms with Gasteiger partial charge in [-0.2, -0.15) is 0 Å². The molecule has 0 unspecified atom stereocenters. The van der Waals surface area contributed by atoms with E-state index < -0.39 is 15.9 Å². The van der Waals surface area contributed by atoms with E-state index in [0.29, 0.717) is 37.0 Å². The molecule has 0 spiro atoms. The normalized spacial score (nSPS) is 16.1. The van der Waals surface area contributed by atoms with Gasteiger partial charge in [-0.3, -0.25) is 4.79 Å². The molecule has 2 heterocycles. The summed E-state index contributed by atoms with van der Waals surface area (Å²) in [6, 6.07) is 8.31. The number of fused-ring (bicyclic) bond motifs is 1. The highest BCUT2D eigenvalue weighted by Gasteiger charge is 2.29. The molecule has 2 aromatic carbocycles. The van der Waals surface area contributed by atoms with Gasteiger partial charge in [0.2, 0.25) is 10.0 Å². The highest BCUT2D eigenvalue weighted by atomic mass is 32.2. The predicted octanol–water partition coefficient (Wildman–Crippen LogP) is 3.91. The Morgan fingerprint density at radius 2 is 1.94 bits per heavy atom. The molecular weight excluding hydrogens is 417 g/mol. The molecule has 31 heavy (non-hydrogen) atoms. The van der Waals surface area contributed by atoms with Crippen LogP contribution >= 0.6 is 0 Å². The van der Waals surface area contributed by atoms with Gasteiger partial charge in [0.1, 0.15) is 5.82 Å². The van der Waals surface area contributed by atoms with Crippen molar-refractivity contribution >= 4 is 26.8 Å². The van der Waals surface area contributed by atoms with E-state index in [4.69, 9.17) is 5.73 Å². The number of carbonyl (C=O) groups excluding carboxylic acids is 1. The molecule has 8 heteroatoms. The summed E-state index contributed by atoms with van der Waals surface area (Å²) in [5.41, 5.74) is 10.2. The van der Waals surface area contributed by atoms with Gasteiger partial charge in [-0.1, -0.05) is 6.07 Å². The Morgan fingerprint density at radius 3 is 2.55 bits per heavy atom. The zero-order valence-corrected chi connectivity index (χ0v) is 18.4. The summed E-state index contributed by atoms with van der Waals surface area (Å²) in [5.74, 6) is -0.576. The smallest absolute Gasteiger partial charge is 0.250 e. The number of benzene rings is 2. The molecule has 3 aromatic rings. The number of aromatic amines is 1. The first kappa shape index (κ1) is 21.5. The summed E-state index contributed by atoms with van der Waals surface area (Å²) < 4.78 is 39.5.